The van der Waals surface area contributed by atoms with Crippen molar-refractivity contribution in [3.8, 4) is 5.69 Å². The first-order valence-corrected chi connectivity index (χ1v) is 8.52. The molecule has 2 N–H and O–H groups in total. The van der Waals surface area contributed by atoms with E-state index in [1.54, 1.807) is 0 Å². The third-order valence-corrected chi connectivity index (χ3v) is 4.80. The molecule has 0 saturated carbocycles. The van der Waals surface area contributed by atoms with Crippen LogP contribution in [0.5, 0.6) is 0 Å². The highest BCUT2D eigenvalue weighted by atomic mass is 16.5. The number of urea groups is 1. The van der Waals surface area contributed by atoms with E-state index in [1.165, 1.54) is 11.0 Å². The Hall–Kier alpha value is -2.45. The summed E-state index contributed by atoms with van der Waals surface area (Å²) in [7, 11) is 0. The molecule has 4 rings (SSSR count). The van der Waals surface area contributed by atoms with Gasteiger partial charge >= 0.3 is 6.03 Å². The van der Waals surface area contributed by atoms with Gasteiger partial charge < -0.3 is 14.8 Å². The van der Waals surface area contributed by atoms with Crippen molar-refractivity contribution in [2.45, 2.75) is 30.9 Å². The maximum Gasteiger partial charge on any atom is 0.320 e. The summed E-state index contributed by atoms with van der Waals surface area (Å²) in [6.07, 6.45) is 3.95. The molecule has 1 unspecified atom stereocenters. The van der Waals surface area contributed by atoms with E-state index in [0.29, 0.717) is 25.6 Å². The van der Waals surface area contributed by atoms with Gasteiger partial charge in [0.25, 0.3) is 0 Å². The van der Waals surface area contributed by atoms with E-state index in [9.17, 15) is 4.79 Å². The molecule has 8 nitrogen and oxygen atoms in total. The van der Waals surface area contributed by atoms with Crippen molar-refractivity contribution in [1.82, 2.24) is 20.3 Å². The molecule has 1 spiro atoms. The topological polar surface area (TPSA) is 90.3 Å². The van der Waals surface area contributed by atoms with Gasteiger partial charge in [-0.05, 0) is 18.6 Å². The van der Waals surface area contributed by atoms with Crippen molar-refractivity contribution in [3.63, 3.8) is 0 Å². The fourth-order valence-electron chi connectivity index (χ4n) is 3.47. The number of carbonyl (C=O) groups excluding carboxylic acids is 1. The van der Waals surface area contributed by atoms with Crippen LogP contribution in [0.4, 0.5) is 10.6 Å². The Kier molecular flexibility index (Phi) is 4.37. The van der Waals surface area contributed by atoms with Crippen LogP contribution in [0, 0.1) is 0 Å². The van der Waals surface area contributed by atoms with E-state index >= 15 is 0 Å². The van der Waals surface area contributed by atoms with Crippen LogP contribution in [-0.2, 0) is 9.47 Å². The Morgan fingerprint density at radius 2 is 2.00 bits per heavy atom. The van der Waals surface area contributed by atoms with Crippen LogP contribution in [0.15, 0.2) is 36.5 Å². The molecule has 8 heteroatoms. The Morgan fingerprint density at radius 3 is 2.80 bits per heavy atom. The van der Waals surface area contributed by atoms with Gasteiger partial charge in [-0.1, -0.05) is 18.2 Å². The maximum atomic E-state index is 12.4. The van der Waals surface area contributed by atoms with E-state index in [0.717, 1.165) is 24.9 Å². The highest BCUT2D eigenvalue weighted by Gasteiger charge is 2.46. The number of carbonyl (C=O) groups is 1. The first-order chi connectivity index (χ1) is 12.3. The number of amides is 2. The van der Waals surface area contributed by atoms with E-state index in [-0.39, 0.29) is 17.7 Å². The maximum absolute atomic E-state index is 12.4. The molecule has 1 atom stereocenters. The summed E-state index contributed by atoms with van der Waals surface area (Å²) in [6, 6.07) is 9.23. The van der Waals surface area contributed by atoms with E-state index in [4.69, 9.17) is 9.47 Å². The molecule has 132 valence electrons. The predicted molar refractivity (Wildman–Crippen MR) is 90.7 cm³/mol. The average Bonchev–Trinajstić information content (AvgIpc) is 3.25. The first kappa shape index (κ1) is 16.0. The van der Waals surface area contributed by atoms with Crippen molar-refractivity contribution < 1.29 is 14.3 Å². The minimum atomic E-state index is -0.294. The average molecular weight is 343 g/mol. The lowest BCUT2D eigenvalue weighted by molar-refractivity contribution is -0.0867. The van der Waals surface area contributed by atoms with E-state index in [2.05, 4.69) is 20.8 Å². The Bertz CT molecular complexity index is 727. The summed E-state index contributed by atoms with van der Waals surface area (Å²) in [5.74, 6) is 0.404. The van der Waals surface area contributed by atoms with Gasteiger partial charge in [-0.3, -0.25) is 5.32 Å². The van der Waals surface area contributed by atoms with Crippen molar-refractivity contribution in [2.24, 2.45) is 0 Å². The molecule has 1 aromatic carbocycles. The Labute approximate surface area is 145 Å². The molecule has 1 aromatic heterocycles. The molecular formula is C17H21N5O3. The molecule has 2 aromatic rings. The number of hydrogen-bond acceptors (Lipinski definition) is 5. The smallest absolute Gasteiger partial charge is 0.320 e. The van der Waals surface area contributed by atoms with Crippen LogP contribution < -0.4 is 10.6 Å². The lowest BCUT2D eigenvalue weighted by atomic mass is 9.86. The van der Waals surface area contributed by atoms with Gasteiger partial charge in [-0.25, -0.2) is 4.79 Å². The van der Waals surface area contributed by atoms with Crippen molar-refractivity contribution in [3.05, 3.63) is 36.5 Å². The number of ether oxygens (including phenoxy) is 2. The lowest BCUT2D eigenvalue weighted by Crippen LogP contribution is -2.53. The minimum Gasteiger partial charge on any atom is -0.381 e. The fourth-order valence-corrected chi connectivity index (χ4v) is 3.47. The van der Waals surface area contributed by atoms with Crippen LogP contribution in [0.2, 0.25) is 0 Å². The van der Waals surface area contributed by atoms with Crippen LogP contribution in [0.1, 0.15) is 19.3 Å². The number of anilines is 1. The Balaban J connectivity index is 1.38. The Morgan fingerprint density at radius 1 is 1.20 bits per heavy atom. The molecular weight excluding hydrogens is 322 g/mol. The summed E-state index contributed by atoms with van der Waals surface area (Å²) < 4.78 is 11.4. The second-order valence-electron chi connectivity index (χ2n) is 6.32. The van der Waals surface area contributed by atoms with Gasteiger partial charge in [0.15, 0.2) is 5.82 Å². The van der Waals surface area contributed by atoms with E-state index < -0.39 is 0 Å². The van der Waals surface area contributed by atoms with Crippen LogP contribution >= 0.6 is 0 Å². The third kappa shape index (κ3) is 3.35. The molecule has 2 saturated heterocycles. The van der Waals surface area contributed by atoms with Crippen molar-refractivity contribution in [2.75, 3.05) is 25.1 Å². The highest BCUT2D eigenvalue weighted by molar-refractivity contribution is 5.88. The number of hydrogen-bond donors (Lipinski definition) is 2. The third-order valence-electron chi connectivity index (χ3n) is 4.80. The van der Waals surface area contributed by atoms with Gasteiger partial charge in [0, 0.05) is 32.7 Å². The molecule has 2 aliphatic heterocycles. The standard InChI is InChI=1S/C17H21N5O3/c23-16(19-14-6-9-25-17(14)7-10-24-11-8-17)20-15-12-18-22(21-15)13-4-2-1-3-5-13/h1-5,12,14H,6-11H2,(H2,19,20,21,23). The molecule has 2 amide bonds. The highest BCUT2D eigenvalue weighted by Crippen LogP contribution is 2.35. The van der Waals surface area contributed by atoms with Gasteiger partial charge in [-0.2, -0.15) is 5.10 Å². The molecule has 0 radical (unpaired) electrons. The summed E-state index contributed by atoms with van der Waals surface area (Å²) >= 11 is 0. The van der Waals surface area contributed by atoms with Crippen LogP contribution in [0.25, 0.3) is 5.69 Å². The summed E-state index contributed by atoms with van der Waals surface area (Å²) in [5.41, 5.74) is 0.540. The predicted octanol–water partition coefficient (Wildman–Crippen LogP) is 1.73. The fraction of sp³-hybridized carbons (Fsp3) is 0.471. The molecule has 3 heterocycles. The zero-order chi connectivity index (χ0) is 17.1. The quantitative estimate of drug-likeness (QED) is 0.886. The molecule has 0 aliphatic carbocycles. The summed E-state index contributed by atoms with van der Waals surface area (Å²) in [4.78, 5) is 13.8. The van der Waals surface area contributed by atoms with Gasteiger partial charge in [0.1, 0.15) is 0 Å². The number of nitrogens with zero attached hydrogens (tertiary/aromatic N) is 3. The van der Waals surface area contributed by atoms with Crippen LogP contribution in [0.3, 0.4) is 0 Å². The second-order valence-corrected chi connectivity index (χ2v) is 6.32. The lowest BCUT2D eigenvalue weighted by Gasteiger charge is -2.37. The van der Waals surface area contributed by atoms with Gasteiger partial charge in [-0.15, -0.1) is 9.90 Å². The van der Waals surface area contributed by atoms with E-state index in [1.807, 2.05) is 30.3 Å². The number of rotatable bonds is 3. The summed E-state index contributed by atoms with van der Waals surface area (Å²) in [5, 5.41) is 14.2. The zero-order valence-corrected chi connectivity index (χ0v) is 13.9. The molecule has 25 heavy (non-hydrogen) atoms. The second kappa shape index (κ2) is 6.81. The first-order valence-electron chi connectivity index (χ1n) is 8.52. The molecule has 2 fully saturated rings. The number of nitrogens with one attached hydrogen (secondary N) is 2. The number of benzene rings is 1. The summed E-state index contributed by atoms with van der Waals surface area (Å²) in [6.45, 7) is 2.01. The number of aromatic nitrogens is 3. The normalized spacial score (nSPS) is 22.0. The molecule has 2 aliphatic rings. The largest absolute Gasteiger partial charge is 0.381 e. The van der Waals surface area contributed by atoms with Crippen molar-refractivity contribution in [1.29, 1.82) is 0 Å². The zero-order valence-electron chi connectivity index (χ0n) is 13.9. The van der Waals surface area contributed by atoms with Gasteiger partial charge in [0.2, 0.25) is 0 Å². The molecule has 0 bridgehead atoms. The van der Waals surface area contributed by atoms with Crippen molar-refractivity contribution >= 4 is 11.8 Å². The van der Waals surface area contributed by atoms with Gasteiger partial charge in [0.05, 0.1) is 23.5 Å². The number of para-hydroxylation sites is 1. The van der Waals surface area contributed by atoms with Crippen LogP contribution in [-0.4, -0.2) is 52.5 Å². The minimum absolute atomic E-state index is 0.0134. The SMILES string of the molecule is O=C(Nc1cnn(-c2ccccc2)n1)NC1CCOC12CCOCC2. The monoisotopic (exact) mass is 343 g/mol.